The first kappa shape index (κ1) is 24.9. The molecule has 3 rings (SSSR count). The molecule has 1 amide bonds. The van der Waals surface area contributed by atoms with Gasteiger partial charge in [0.25, 0.3) is 5.91 Å². The van der Waals surface area contributed by atoms with Gasteiger partial charge in [0.2, 0.25) is 0 Å². The minimum absolute atomic E-state index is 0.0963. The van der Waals surface area contributed by atoms with E-state index in [9.17, 15) is 10.1 Å². The van der Waals surface area contributed by atoms with Gasteiger partial charge in [-0.25, -0.2) is 0 Å². The van der Waals surface area contributed by atoms with Crippen LogP contribution >= 0.6 is 45.8 Å². The molecule has 168 valence electrons. The molecule has 0 aliphatic heterocycles. The molecule has 0 bridgehead atoms. The first-order valence-electron chi connectivity index (χ1n) is 9.92. The summed E-state index contributed by atoms with van der Waals surface area (Å²) in [6, 6.07) is 20.1. The molecule has 0 saturated heterocycles. The summed E-state index contributed by atoms with van der Waals surface area (Å²) in [5, 5.41) is 12.6. The average Bonchev–Trinajstić information content (AvgIpc) is 2.81. The zero-order valence-corrected chi connectivity index (χ0v) is 21.2. The highest BCUT2D eigenvalue weighted by atomic mass is 127. The van der Waals surface area contributed by atoms with Gasteiger partial charge in [-0.2, -0.15) is 5.26 Å². The van der Waals surface area contributed by atoms with Crippen LogP contribution in [0.4, 0.5) is 5.69 Å². The molecule has 3 aromatic carbocycles. The fourth-order valence-electron chi connectivity index (χ4n) is 2.85. The van der Waals surface area contributed by atoms with Crippen LogP contribution in [-0.4, -0.2) is 12.5 Å². The normalized spacial score (nSPS) is 10.9. The fourth-order valence-corrected chi connectivity index (χ4v) is 3.56. The van der Waals surface area contributed by atoms with E-state index in [1.54, 1.807) is 36.4 Å². The highest BCUT2D eigenvalue weighted by Gasteiger charge is 2.14. The van der Waals surface area contributed by atoms with Crippen molar-refractivity contribution in [2.24, 2.45) is 0 Å². The summed E-state index contributed by atoms with van der Waals surface area (Å²) in [6.45, 7) is 2.69. The molecule has 0 aromatic heterocycles. The third kappa shape index (κ3) is 6.87. The number of ether oxygens (including phenoxy) is 2. The fraction of sp³-hybridized carbons (Fsp3) is 0.120. The Morgan fingerprint density at radius 1 is 1.09 bits per heavy atom. The number of hydrogen-bond acceptors (Lipinski definition) is 4. The standard InChI is InChI=1S/C25H19Cl2IN2O3/c1-2-32-23-13-17(8-11-22(23)33-15-16-6-9-19(28)10-7-16)12-18(14-29)25(31)30-21-5-3-4-20(26)24(21)27/h3-13H,2,15H2,1H3,(H,30,31)/b18-12-. The van der Waals surface area contributed by atoms with E-state index in [0.29, 0.717) is 41.0 Å². The predicted octanol–water partition coefficient (Wildman–Crippen LogP) is 7.12. The van der Waals surface area contributed by atoms with Gasteiger partial charge in [-0.15, -0.1) is 0 Å². The highest BCUT2D eigenvalue weighted by molar-refractivity contribution is 14.1. The molecule has 0 unspecified atom stereocenters. The molecule has 1 N–H and O–H groups in total. The summed E-state index contributed by atoms with van der Waals surface area (Å²) in [6.07, 6.45) is 1.47. The van der Waals surface area contributed by atoms with Crippen molar-refractivity contribution in [3.05, 3.63) is 91.0 Å². The molecule has 0 aliphatic carbocycles. The summed E-state index contributed by atoms with van der Waals surface area (Å²) in [5.41, 5.74) is 1.87. The molecule has 0 radical (unpaired) electrons. The Bertz CT molecular complexity index is 1220. The van der Waals surface area contributed by atoms with Crippen LogP contribution in [0.15, 0.2) is 66.2 Å². The topological polar surface area (TPSA) is 71.3 Å². The third-order valence-corrected chi connectivity index (χ3v) is 5.99. The predicted molar refractivity (Wildman–Crippen MR) is 140 cm³/mol. The van der Waals surface area contributed by atoms with E-state index in [2.05, 4.69) is 27.9 Å². The molecule has 0 spiro atoms. The molecule has 0 aliphatic rings. The summed E-state index contributed by atoms with van der Waals surface area (Å²) in [7, 11) is 0. The van der Waals surface area contributed by atoms with E-state index in [-0.39, 0.29) is 10.6 Å². The van der Waals surface area contributed by atoms with Gasteiger partial charge < -0.3 is 14.8 Å². The molecule has 0 fully saturated rings. The molecule has 33 heavy (non-hydrogen) atoms. The number of rotatable bonds is 8. The molecule has 8 heteroatoms. The van der Waals surface area contributed by atoms with Crippen LogP contribution in [0.25, 0.3) is 6.08 Å². The van der Waals surface area contributed by atoms with Crippen LogP contribution in [0.2, 0.25) is 10.0 Å². The molecular weight excluding hydrogens is 574 g/mol. The maximum absolute atomic E-state index is 12.6. The van der Waals surface area contributed by atoms with Gasteiger partial charge in [-0.1, -0.05) is 47.5 Å². The van der Waals surface area contributed by atoms with Crippen LogP contribution in [0.3, 0.4) is 0 Å². The highest BCUT2D eigenvalue weighted by Crippen LogP contribution is 2.31. The number of carbonyl (C=O) groups excluding carboxylic acids is 1. The Morgan fingerprint density at radius 2 is 1.85 bits per heavy atom. The van der Waals surface area contributed by atoms with E-state index >= 15 is 0 Å². The van der Waals surface area contributed by atoms with Crippen molar-refractivity contribution in [1.29, 1.82) is 5.26 Å². The number of nitriles is 1. The van der Waals surface area contributed by atoms with Gasteiger partial charge in [0, 0.05) is 3.57 Å². The van der Waals surface area contributed by atoms with Crippen LogP contribution in [0.1, 0.15) is 18.1 Å². The molecule has 0 atom stereocenters. The van der Waals surface area contributed by atoms with Gasteiger partial charge in [0.1, 0.15) is 18.2 Å². The average molecular weight is 593 g/mol. The first-order valence-corrected chi connectivity index (χ1v) is 11.8. The van der Waals surface area contributed by atoms with Crippen molar-refractivity contribution >= 4 is 63.5 Å². The Labute approximate surface area is 216 Å². The molecule has 0 heterocycles. The maximum atomic E-state index is 12.6. The summed E-state index contributed by atoms with van der Waals surface area (Å²) in [4.78, 5) is 12.6. The second-order valence-electron chi connectivity index (χ2n) is 6.78. The lowest BCUT2D eigenvalue weighted by Gasteiger charge is -2.13. The van der Waals surface area contributed by atoms with E-state index in [0.717, 1.165) is 9.13 Å². The van der Waals surface area contributed by atoms with Gasteiger partial charge >= 0.3 is 0 Å². The molecule has 0 saturated carbocycles. The summed E-state index contributed by atoms with van der Waals surface area (Å²) in [5.74, 6) is 0.493. The second-order valence-corrected chi connectivity index (χ2v) is 8.81. The van der Waals surface area contributed by atoms with E-state index in [1.807, 2.05) is 37.3 Å². The monoisotopic (exact) mass is 592 g/mol. The van der Waals surface area contributed by atoms with Crippen molar-refractivity contribution in [3.8, 4) is 17.6 Å². The largest absolute Gasteiger partial charge is 0.490 e. The van der Waals surface area contributed by atoms with E-state index in [4.69, 9.17) is 32.7 Å². The number of amides is 1. The first-order chi connectivity index (χ1) is 15.9. The van der Waals surface area contributed by atoms with E-state index in [1.165, 1.54) is 6.08 Å². The lowest BCUT2D eigenvalue weighted by Crippen LogP contribution is -2.13. The lowest BCUT2D eigenvalue weighted by molar-refractivity contribution is -0.112. The van der Waals surface area contributed by atoms with Gasteiger partial charge in [-0.05, 0) is 83.1 Å². The Kier molecular flexibility index (Phi) is 9.01. The van der Waals surface area contributed by atoms with Crippen molar-refractivity contribution < 1.29 is 14.3 Å². The number of carbonyl (C=O) groups is 1. The number of benzene rings is 3. The van der Waals surface area contributed by atoms with Crippen LogP contribution in [0, 0.1) is 14.9 Å². The Balaban J connectivity index is 1.79. The van der Waals surface area contributed by atoms with Gasteiger partial charge in [-0.3, -0.25) is 4.79 Å². The van der Waals surface area contributed by atoms with Crippen molar-refractivity contribution in [2.75, 3.05) is 11.9 Å². The zero-order valence-electron chi connectivity index (χ0n) is 17.6. The minimum atomic E-state index is -0.598. The lowest BCUT2D eigenvalue weighted by atomic mass is 10.1. The summed E-state index contributed by atoms with van der Waals surface area (Å²) >= 11 is 14.4. The van der Waals surface area contributed by atoms with Crippen LogP contribution in [-0.2, 0) is 11.4 Å². The number of hydrogen-bond donors (Lipinski definition) is 1. The second kappa shape index (κ2) is 11.9. The van der Waals surface area contributed by atoms with Crippen LogP contribution < -0.4 is 14.8 Å². The van der Waals surface area contributed by atoms with Crippen LogP contribution in [0.5, 0.6) is 11.5 Å². The molecule has 5 nitrogen and oxygen atoms in total. The number of nitrogens with one attached hydrogen (secondary N) is 1. The van der Waals surface area contributed by atoms with E-state index < -0.39 is 5.91 Å². The number of nitrogens with zero attached hydrogens (tertiary/aromatic N) is 1. The molecular formula is C25H19Cl2IN2O3. The van der Waals surface area contributed by atoms with Crippen molar-refractivity contribution in [2.45, 2.75) is 13.5 Å². The van der Waals surface area contributed by atoms with Gasteiger partial charge in [0.15, 0.2) is 11.5 Å². The smallest absolute Gasteiger partial charge is 0.266 e. The Morgan fingerprint density at radius 3 is 2.55 bits per heavy atom. The van der Waals surface area contributed by atoms with Crippen molar-refractivity contribution in [1.82, 2.24) is 0 Å². The minimum Gasteiger partial charge on any atom is -0.490 e. The SMILES string of the molecule is CCOc1cc(/C=C(/C#N)C(=O)Nc2cccc(Cl)c2Cl)ccc1OCc1ccc(I)cc1. The maximum Gasteiger partial charge on any atom is 0.266 e. The number of anilines is 1. The molecule has 3 aromatic rings. The Hall–Kier alpha value is -2.73. The zero-order chi connectivity index (χ0) is 23.8. The van der Waals surface area contributed by atoms with Gasteiger partial charge in [0.05, 0.1) is 22.3 Å². The number of halogens is 3. The summed E-state index contributed by atoms with van der Waals surface area (Å²) < 4.78 is 12.8. The quantitative estimate of drug-likeness (QED) is 0.172. The third-order valence-electron chi connectivity index (χ3n) is 4.45. The van der Waals surface area contributed by atoms with Crippen molar-refractivity contribution in [3.63, 3.8) is 0 Å².